The molecule has 2 nitrogen and oxygen atoms in total. The van der Waals surface area contributed by atoms with Crippen LogP contribution >= 0.6 is 0 Å². The molecule has 2 heteroatoms. The molecule has 1 saturated heterocycles. The summed E-state index contributed by atoms with van der Waals surface area (Å²) in [5.74, 6) is 0. The van der Waals surface area contributed by atoms with Crippen molar-refractivity contribution in [3.8, 4) is 0 Å². The van der Waals surface area contributed by atoms with Crippen molar-refractivity contribution in [3.05, 3.63) is 0 Å². The number of nitrogens with one attached hydrogen (secondary N) is 1. The van der Waals surface area contributed by atoms with E-state index in [0.29, 0.717) is 12.1 Å². The molecule has 0 radical (unpaired) electrons. The second kappa shape index (κ2) is 8.12. The molecule has 1 atom stereocenters. The van der Waals surface area contributed by atoms with Crippen molar-refractivity contribution in [2.75, 3.05) is 13.2 Å². The minimum atomic E-state index is 0.481. The maximum absolute atomic E-state index is 5.72. The maximum Gasteiger partial charge on any atom is 0.0699 e. The smallest absolute Gasteiger partial charge is 0.0699 e. The van der Waals surface area contributed by atoms with Gasteiger partial charge < -0.3 is 10.1 Å². The molecule has 1 unspecified atom stereocenters. The van der Waals surface area contributed by atoms with Gasteiger partial charge in [0.15, 0.2) is 0 Å². The van der Waals surface area contributed by atoms with E-state index in [4.69, 9.17) is 4.74 Å². The first kappa shape index (κ1) is 13.0. The summed E-state index contributed by atoms with van der Waals surface area (Å²) in [6, 6.07) is 0.713. The van der Waals surface area contributed by atoms with Gasteiger partial charge in [0.25, 0.3) is 0 Å². The molecule has 1 N–H and O–H groups in total. The SMILES string of the molecule is CCCC(CCC)NCC1CCCCO1. The van der Waals surface area contributed by atoms with E-state index in [1.807, 2.05) is 0 Å². The van der Waals surface area contributed by atoms with Crippen LogP contribution in [0.1, 0.15) is 58.8 Å². The second-order valence-corrected chi connectivity index (χ2v) is 4.67. The molecular weight excluding hydrogens is 186 g/mol. The van der Waals surface area contributed by atoms with Gasteiger partial charge in [0, 0.05) is 19.2 Å². The van der Waals surface area contributed by atoms with Gasteiger partial charge in [-0.2, -0.15) is 0 Å². The largest absolute Gasteiger partial charge is 0.377 e. The molecule has 0 bridgehead atoms. The van der Waals surface area contributed by atoms with Crippen molar-refractivity contribution in [1.29, 1.82) is 0 Å². The van der Waals surface area contributed by atoms with Gasteiger partial charge >= 0.3 is 0 Å². The molecule has 1 fully saturated rings. The maximum atomic E-state index is 5.72. The van der Waals surface area contributed by atoms with E-state index in [2.05, 4.69) is 19.2 Å². The summed E-state index contributed by atoms with van der Waals surface area (Å²) in [6.45, 7) is 6.56. The van der Waals surface area contributed by atoms with Crippen LogP contribution in [0.2, 0.25) is 0 Å². The predicted octanol–water partition coefficient (Wildman–Crippen LogP) is 3.11. The molecule has 1 heterocycles. The minimum absolute atomic E-state index is 0.481. The lowest BCUT2D eigenvalue weighted by atomic mass is 10.1. The van der Waals surface area contributed by atoms with Gasteiger partial charge in [0.1, 0.15) is 0 Å². The third-order valence-corrected chi connectivity index (χ3v) is 3.18. The van der Waals surface area contributed by atoms with Crippen molar-refractivity contribution in [2.24, 2.45) is 0 Å². The Hall–Kier alpha value is -0.0800. The molecule has 0 aromatic rings. The first-order valence-electron chi connectivity index (χ1n) is 6.71. The highest BCUT2D eigenvalue weighted by Crippen LogP contribution is 2.12. The van der Waals surface area contributed by atoms with Crippen LogP contribution in [-0.2, 0) is 4.74 Å². The fourth-order valence-corrected chi connectivity index (χ4v) is 2.31. The van der Waals surface area contributed by atoms with Crippen molar-refractivity contribution in [3.63, 3.8) is 0 Å². The molecule has 0 saturated carbocycles. The molecule has 0 amide bonds. The third kappa shape index (κ3) is 5.53. The van der Waals surface area contributed by atoms with Crippen LogP contribution in [0.15, 0.2) is 0 Å². The van der Waals surface area contributed by atoms with Crippen LogP contribution in [0.5, 0.6) is 0 Å². The normalized spacial score (nSPS) is 22.2. The summed E-state index contributed by atoms with van der Waals surface area (Å²) in [7, 11) is 0. The zero-order chi connectivity index (χ0) is 10.9. The van der Waals surface area contributed by atoms with Gasteiger partial charge in [-0.15, -0.1) is 0 Å². The molecule has 0 spiro atoms. The zero-order valence-corrected chi connectivity index (χ0v) is 10.4. The lowest BCUT2D eigenvalue weighted by Crippen LogP contribution is -2.38. The molecule has 1 aliphatic heterocycles. The molecular formula is C13H27NO. The summed E-state index contributed by atoms with van der Waals surface area (Å²) in [5.41, 5.74) is 0. The van der Waals surface area contributed by atoms with Crippen molar-refractivity contribution >= 4 is 0 Å². The van der Waals surface area contributed by atoms with E-state index in [9.17, 15) is 0 Å². The van der Waals surface area contributed by atoms with Crippen LogP contribution in [0.25, 0.3) is 0 Å². The fourth-order valence-electron chi connectivity index (χ4n) is 2.31. The Labute approximate surface area is 94.8 Å². The third-order valence-electron chi connectivity index (χ3n) is 3.18. The Bertz CT molecular complexity index is 137. The van der Waals surface area contributed by atoms with E-state index < -0.39 is 0 Å². The Morgan fingerprint density at radius 1 is 1.20 bits per heavy atom. The lowest BCUT2D eigenvalue weighted by molar-refractivity contribution is 0.0150. The topological polar surface area (TPSA) is 21.3 Å². The van der Waals surface area contributed by atoms with Gasteiger partial charge in [0.05, 0.1) is 6.10 Å². The first-order chi connectivity index (χ1) is 7.36. The highest BCUT2D eigenvalue weighted by molar-refractivity contribution is 4.71. The van der Waals surface area contributed by atoms with Gasteiger partial charge in [-0.1, -0.05) is 26.7 Å². The highest BCUT2D eigenvalue weighted by Gasteiger charge is 2.15. The fraction of sp³-hybridized carbons (Fsp3) is 1.00. The molecule has 1 rings (SSSR count). The summed E-state index contributed by atoms with van der Waals surface area (Å²) in [4.78, 5) is 0. The van der Waals surface area contributed by atoms with Gasteiger partial charge in [-0.05, 0) is 32.1 Å². The zero-order valence-electron chi connectivity index (χ0n) is 10.4. The Balaban J connectivity index is 2.13. The van der Waals surface area contributed by atoms with Crippen LogP contribution < -0.4 is 5.32 Å². The molecule has 15 heavy (non-hydrogen) atoms. The monoisotopic (exact) mass is 213 g/mol. The summed E-state index contributed by atoms with van der Waals surface area (Å²) < 4.78 is 5.72. The Morgan fingerprint density at radius 2 is 1.93 bits per heavy atom. The molecule has 90 valence electrons. The second-order valence-electron chi connectivity index (χ2n) is 4.67. The number of hydrogen-bond donors (Lipinski definition) is 1. The first-order valence-corrected chi connectivity index (χ1v) is 6.71. The van der Waals surface area contributed by atoms with Gasteiger partial charge in [-0.25, -0.2) is 0 Å². The Kier molecular flexibility index (Phi) is 7.03. The van der Waals surface area contributed by atoms with Crippen molar-refractivity contribution in [2.45, 2.75) is 70.9 Å². The summed E-state index contributed by atoms with van der Waals surface area (Å²) in [6.07, 6.45) is 9.50. The van der Waals surface area contributed by atoms with E-state index in [0.717, 1.165) is 13.2 Å². The van der Waals surface area contributed by atoms with Gasteiger partial charge in [-0.3, -0.25) is 0 Å². The lowest BCUT2D eigenvalue weighted by Gasteiger charge is -2.25. The highest BCUT2D eigenvalue weighted by atomic mass is 16.5. The van der Waals surface area contributed by atoms with Gasteiger partial charge in [0.2, 0.25) is 0 Å². The average Bonchev–Trinajstić information content (AvgIpc) is 2.28. The van der Waals surface area contributed by atoms with E-state index in [-0.39, 0.29) is 0 Å². The van der Waals surface area contributed by atoms with Crippen LogP contribution in [0.4, 0.5) is 0 Å². The molecule has 0 aliphatic carbocycles. The molecule has 1 aliphatic rings. The van der Waals surface area contributed by atoms with E-state index in [1.54, 1.807) is 0 Å². The number of hydrogen-bond acceptors (Lipinski definition) is 2. The van der Waals surface area contributed by atoms with Crippen molar-refractivity contribution < 1.29 is 4.74 Å². The number of rotatable bonds is 7. The van der Waals surface area contributed by atoms with E-state index >= 15 is 0 Å². The van der Waals surface area contributed by atoms with Crippen LogP contribution in [0, 0.1) is 0 Å². The number of ether oxygens (including phenoxy) is 1. The average molecular weight is 213 g/mol. The quantitative estimate of drug-likeness (QED) is 0.701. The van der Waals surface area contributed by atoms with E-state index in [1.165, 1.54) is 44.9 Å². The molecule has 0 aromatic heterocycles. The molecule has 0 aromatic carbocycles. The predicted molar refractivity (Wildman–Crippen MR) is 65.2 cm³/mol. The standard InChI is InChI=1S/C13H27NO/c1-3-7-12(8-4-2)14-11-13-9-5-6-10-15-13/h12-14H,3-11H2,1-2H3. The Morgan fingerprint density at radius 3 is 2.47 bits per heavy atom. The summed E-state index contributed by atoms with van der Waals surface area (Å²) in [5, 5.41) is 3.67. The summed E-state index contributed by atoms with van der Waals surface area (Å²) >= 11 is 0. The van der Waals surface area contributed by atoms with Crippen LogP contribution in [-0.4, -0.2) is 25.3 Å². The van der Waals surface area contributed by atoms with Crippen molar-refractivity contribution in [1.82, 2.24) is 5.32 Å². The van der Waals surface area contributed by atoms with Crippen LogP contribution in [0.3, 0.4) is 0 Å². The minimum Gasteiger partial charge on any atom is -0.377 e.